The van der Waals surface area contributed by atoms with E-state index in [-0.39, 0.29) is 29.7 Å². The second kappa shape index (κ2) is 9.89. The van der Waals surface area contributed by atoms with Crippen LogP contribution >= 0.6 is 0 Å². The van der Waals surface area contributed by atoms with Crippen LogP contribution in [0, 0.1) is 5.92 Å². The van der Waals surface area contributed by atoms with Crippen LogP contribution in [0.15, 0.2) is 66.7 Å². The van der Waals surface area contributed by atoms with E-state index in [1.807, 2.05) is 48.5 Å². The lowest BCUT2D eigenvalue weighted by atomic mass is 9.98. The summed E-state index contributed by atoms with van der Waals surface area (Å²) in [6, 6.07) is 18.8. The largest absolute Gasteiger partial charge is 0.507 e. The van der Waals surface area contributed by atoms with Crippen molar-refractivity contribution in [1.82, 2.24) is 5.32 Å². The Morgan fingerprint density at radius 3 is 2.11 bits per heavy atom. The third-order valence-electron chi connectivity index (χ3n) is 6.06. The first-order valence-corrected chi connectivity index (χ1v) is 11.2. The molecule has 1 atom stereocenters. The smallest absolute Gasteiger partial charge is 0.407 e. The van der Waals surface area contributed by atoms with Gasteiger partial charge in [0.2, 0.25) is 5.91 Å². The monoisotopic (exact) mass is 474 g/mol. The van der Waals surface area contributed by atoms with Crippen LogP contribution in [-0.4, -0.2) is 40.8 Å². The first-order chi connectivity index (χ1) is 16.8. The fourth-order valence-corrected chi connectivity index (χ4v) is 4.31. The number of carbonyl (C=O) groups is 3. The van der Waals surface area contributed by atoms with Gasteiger partial charge in [0.1, 0.15) is 24.0 Å². The van der Waals surface area contributed by atoms with E-state index in [0.717, 1.165) is 28.3 Å². The summed E-state index contributed by atoms with van der Waals surface area (Å²) in [5.74, 6) is -2.64. The average molecular weight is 475 g/mol. The van der Waals surface area contributed by atoms with E-state index < -0.39 is 29.8 Å². The van der Waals surface area contributed by atoms with Gasteiger partial charge in [0, 0.05) is 11.6 Å². The summed E-state index contributed by atoms with van der Waals surface area (Å²) in [6.07, 6.45) is -0.724. The second-order valence-corrected chi connectivity index (χ2v) is 8.72. The van der Waals surface area contributed by atoms with E-state index in [1.54, 1.807) is 13.8 Å². The maximum atomic E-state index is 12.9. The summed E-state index contributed by atoms with van der Waals surface area (Å²) in [5, 5.41) is 24.0. The number of aromatic carboxylic acids is 1. The summed E-state index contributed by atoms with van der Waals surface area (Å²) < 4.78 is 5.55. The molecule has 4 rings (SSSR count). The number of carboxylic acids is 1. The summed E-state index contributed by atoms with van der Waals surface area (Å²) in [4.78, 5) is 36.7. The molecule has 0 aromatic heterocycles. The molecule has 8 heteroatoms. The van der Waals surface area contributed by atoms with Crippen molar-refractivity contribution in [2.24, 2.45) is 5.92 Å². The molecule has 0 bridgehead atoms. The Balaban J connectivity index is 1.42. The van der Waals surface area contributed by atoms with E-state index in [2.05, 4.69) is 10.6 Å². The predicted molar refractivity (Wildman–Crippen MR) is 131 cm³/mol. The highest BCUT2D eigenvalue weighted by Crippen LogP contribution is 2.44. The standard InChI is InChI=1S/C27H26N2O6/c1-15(2)24(25(31)28-16-11-12-23(30)21(13-16)26(32)33)29-27(34)35-14-22-19-9-5-3-7-17(19)18-8-4-6-10-20(18)22/h3-13,15,22,24,30H,14H2,1-2H3,(H,28,31)(H,29,34)(H,32,33)/t24-/m0/s1. The third kappa shape index (κ3) is 4.96. The van der Waals surface area contributed by atoms with Crippen LogP contribution in [-0.2, 0) is 9.53 Å². The van der Waals surface area contributed by atoms with Crippen molar-refractivity contribution < 1.29 is 29.3 Å². The molecule has 0 unspecified atom stereocenters. The molecule has 3 aromatic carbocycles. The molecule has 1 aliphatic rings. The molecule has 3 aromatic rings. The number of carboxylic acid groups (broad SMARTS) is 1. The van der Waals surface area contributed by atoms with Gasteiger partial charge in [-0.15, -0.1) is 0 Å². The zero-order valence-corrected chi connectivity index (χ0v) is 19.3. The number of anilines is 1. The summed E-state index contributed by atoms with van der Waals surface area (Å²) in [5.41, 5.74) is 4.25. The molecular formula is C27H26N2O6. The Labute approximate surface area is 202 Å². The number of amides is 2. The lowest BCUT2D eigenvalue weighted by Crippen LogP contribution is -2.47. The number of ether oxygens (including phenoxy) is 1. The number of aromatic hydroxyl groups is 1. The van der Waals surface area contributed by atoms with Gasteiger partial charge in [0.15, 0.2) is 0 Å². The lowest BCUT2D eigenvalue weighted by Gasteiger charge is -2.22. The van der Waals surface area contributed by atoms with Gasteiger partial charge in [-0.2, -0.15) is 0 Å². The minimum atomic E-state index is -1.32. The molecule has 0 saturated heterocycles. The number of phenols is 1. The quantitative estimate of drug-likeness (QED) is 0.371. The zero-order valence-electron chi connectivity index (χ0n) is 19.3. The molecule has 0 radical (unpaired) electrons. The van der Waals surface area contributed by atoms with Crippen LogP contribution < -0.4 is 10.6 Å². The molecule has 1 aliphatic carbocycles. The molecule has 2 amide bonds. The zero-order chi connectivity index (χ0) is 25.1. The van der Waals surface area contributed by atoms with Gasteiger partial charge in [-0.05, 0) is 46.4 Å². The van der Waals surface area contributed by atoms with Crippen molar-refractivity contribution in [2.45, 2.75) is 25.8 Å². The summed E-state index contributed by atoms with van der Waals surface area (Å²) in [6.45, 7) is 3.66. The molecule has 8 nitrogen and oxygen atoms in total. The first-order valence-electron chi connectivity index (χ1n) is 11.2. The summed E-state index contributed by atoms with van der Waals surface area (Å²) in [7, 11) is 0. The minimum absolute atomic E-state index is 0.106. The SMILES string of the molecule is CC(C)[C@H](NC(=O)OCC1c2ccccc2-c2ccccc21)C(=O)Nc1ccc(O)c(C(=O)O)c1. The average Bonchev–Trinajstić information content (AvgIpc) is 3.15. The van der Waals surface area contributed by atoms with Gasteiger partial charge in [-0.3, -0.25) is 4.79 Å². The number of carbonyl (C=O) groups excluding carboxylic acids is 2. The van der Waals surface area contributed by atoms with Crippen LogP contribution in [0.25, 0.3) is 11.1 Å². The highest BCUT2D eigenvalue weighted by atomic mass is 16.5. The van der Waals surface area contributed by atoms with E-state index in [9.17, 15) is 19.5 Å². The lowest BCUT2D eigenvalue weighted by molar-refractivity contribution is -0.119. The number of rotatable bonds is 7. The van der Waals surface area contributed by atoms with Crippen molar-refractivity contribution in [2.75, 3.05) is 11.9 Å². The van der Waals surface area contributed by atoms with Crippen LogP contribution in [0.2, 0.25) is 0 Å². The second-order valence-electron chi connectivity index (χ2n) is 8.72. The van der Waals surface area contributed by atoms with Crippen LogP contribution in [0.3, 0.4) is 0 Å². The maximum absolute atomic E-state index is 12.9. The number of nitrogens with one attached hydrogen (secondary N) is 2. The highest BCUT2D eigenvalue weighted by molar-refractivity contribution is 5.98. The predicted octanol–water partition coefficient (Wildman–Crippen LogP) is 4.59. The van der Waals surface area contributed by atoms with Gasteiger partial charge in [0.05, 0.1) is 0 Å². The van der Waals surface area contributed by atoms with Gasteiger partial charge < -0.3 is 25.6 Å². The molecule has 0 aliphatic heterocycles. The number of benzene rings is 3. The fourth-order valence-electron chi connectivity index (χ4n) is 4.31. The number of hydrogen-bond donors (Lipinski definition) is 4. The highest BCUT2D eigenvalue weighted by Gasteiger charge is 2.30. The van der Waals surface area contributed by atoms with Crippen molar-refractivity contribution in [3.63, 3.8) is 0 Å². The first kappa shape index (κ1) is 23.8. The van der Waals surface area contributed by atoms with Crippen LogP contribution in [0.4, 0.5) is 10.5 Å². The van der Waals surface area contributed by atoms with Gasteiger partial charge in [0.25, 0.3) is 0 Å². The van der Waals surface area contributed by atoms with E-state index in [0.29, 0.717) is 0 Å². The third-order valence-corrected chi connectivity index (χ3v) is 6.06. The van der Waals surface area contributed by atoms with Crippen LogP contribution in [0.1, 0.15) is 41.3 Å². The number of alkyl carbamates (subject to hydrolysis) is 1. The normalized spacial score (nSPS) is 13.0. The van der Waals surface area contributed by atoms with E-state index in [4.69, 9.17) is 9.84 Å². The number of hydrogen-bond acceptors (Lipinski definition) is 5. The van der Waals surface area contributed by atoms with E-state index >= 15 is 0 Å². The van der Waals surface area contributed by atoms with Crippen molar-refractivity contribution in [3.8, 4) is 16.9 Å². The molecule has 0 saturated carbocycles. The van der Waals surface area contributed by atoms with Gasteiger partial charge in [-0.1, -0.05) is 62.4 Å². The molecule has 0 fully saturated rings. The van der Waals surface area contributed by atoms with Crippen LogP contribution in [0.5, 0.6) is 5.75 Å². The van der Waals surface area contributed by atoms with Crippen molar-refractivity contribution >= 4 is 23.7 Å². The van der Waals surface area contributed by atoms with Gasteiger partial charge in [-0.25, -0.2) is 9.59 Å². The minimum Gasteiger partial charge on any atom is -0.507 e. The van der Waals surface area contributed by atoms with E-state index in [1.165, 1.54) is 12.1 Å². The molecule has 35 heavy (non-hydrogen) atoms. The Morgan fingerprint density at radius 2 is 1.54 bits per heavy atom. The molecule has 4 N–H and O–H groups in total. The molecular weight excluding hydrogens is 448 g/mol. The van der Waals surface area contributed by atoms with Crippen molar-refractivity contribution in [1.29, 1.82) is 0 Å². The van der Waals surface area contributed by atoms with Gasteiger partial charge >= 0.3 is 12.1 Å². The fraction of sp³-hybridized carbons (Fsp3) is 0.222. The molecule has 0 heterocycles. The summed E-state index contributed by atoms with van der Waals surface area (Å²) >= 11 is 0. The molecule has 180 valence electrons. The molecule has 0 spiro atoms. The Morgan fingerprint density at radius 1 is 0.943 bits per heavy atom. The maximum Gasteiger partial charge on any atom is 0.407 e. The topological polar surface area (TPSA) is 125 Å². The Hall–Kier alpha value is -4.33. The number of fused-ring (bicyclic) bond motifs is 3. The van der Waals surface area contributed by atoms with Crippen molar-refractivity contribution in [3.05, 3.63) is 83.4 Å². The Kier molecular flexibility index (Phi) is 6.73. The Bertz CT molecular complexity index is 1240.